The fraction of sp³-hybridized carbons (Fsp3) is 0.556. The Bertz CT molecular complexity index is 545. The fourth-order valence-electron chi connectivity index (χ4n) is 3.30. The Morgan fingerprint density at radius 3 is 2.32 bits per heavy atom. The van der Waals surface area contributed by atoms with Gasteiger partial charge in [0.15, 0.2) is 0 Å². The number of rotatable bonds is 5. The van der Waals surface area contributed by atoms with Crippen molar-refractivity contribution >= 4 is 11.8 Å². The molecule has 0 N–H and O–H groups in total. The van der Waals surface area contributed by atoms with Gasteiger partial charge in [-0.25, -0.2) is 0 Å². The second-order valence-corrected chi connectivity index (χ2v) is 6.39. The lowest BCUT2D eigenvalue weighted by Crippen LogP contribution is -2.45. The van der Waals surface area contributed by atoms with Crippen LogP contribution in [0, 0.1) is 5.41 Å². The van der Waals surface area contributed by atoms with Gasteiger partial charge in [-0.2, -0.15) is 0 Å². The second kappa shape index (κ2) is 6.11. The fourth-order valence-corrected chi connectivity index (χ4v) is 3.30. The van der Waals surface area contributed by atoms with Gasteiger partial charge < -0.3 is 9.80 Å². The van der Waals surface area contributed by atoms with E-state index in [2.05, 4.69) is 0 Å². The van der Waals surface area contributed by atoms with Gasteiger partial charge in [0.1, 0.15) is 5.41 Å². The maximum absolute atomic E-state index is 12.9. The molecule has 0 radical (unpaired) electrons. The summed E-state index contributed by atoms with van der Waals surface area (Å²) >= 11 is 0. The largest absolute Gasteiger partial charge is 0.342 e. The predicted molar refractivity (Wildman–Crippen MR) is 85.0 cm³/mol. The van der Waals surface area contributed by atoms with Crippen molar-refractivity contribution in [1.29, 1.82) is 0 Å². The summed E-state index contributed by atoms with van der Waals surface area (Å²) < 4.78 is 0. The standard InChI is InChI=1S/C18H24N2O2/c1-2-19(14-15-8-4-3-5-9-15)16(21)18(10-11-18)17(22)20-12-6-7-13-20/h3-5,8-9H,2,6-7,10-14H2,1H3. The van der Waals surface area contributed by atoms with E-state index in [1.54, 1.807) is 0 Å². The molecule has 1 aromatic rings. The topological polar surface area (TPSA) is 40.6 Å². The first-order valence-electron chi connectivity index (χ1n) is 8.30. The van der Waals surface area contributed by atoms with Crippen LogP contribution in [0.1, 0.15) is 38.2 Å². The molecule has 2 fully saturated rings. The minimum Gasteiger partial charge on any atom is -0.342 e. The quantitative estimate of drug-likeness (QED) is 0.784. The van der Waals surface area contributed by atoms with Crippen LogP contribution in [0.25, 0.3) is 0 Å². The molecule has 1 saturated heterocycles. The lowest BCUT2D eigenvalue weighted by molar-refractivity contribution is -0.149. The van der Waals surface area contributed by atoms with E-state index in [-0.39, 0.29) is 11.8 Å². The van der Waals surface area contributed by atoms with Crippen LogP contribution >= 0.6 is 0 Å². The zero-order chi connectivity index (χ0) is 15.6. The van der Waals surface area contributed by atoms with Crippen molar-refractivity contribution < 1.29 is 9.59 Å². The first-order chi connectivity index (χ1) is 10.7. The number of benzene rings is 1. The number of nitrogens with zero attached hydrogens (tertiary/aromatic N) is 2. The molecule has 22 heavy (non-hydrogen) atoms. The first-order valence-corrected chi connectivity index (χ1v) is 8.30. The smallest absolute Gasteiger partial charge is 0.238 e. The monoisotopic (exact) mass is 300 g/mol. The summed E-state index contributed by atoms with van der Waals surface area (Å²) in [5, 5.41) is 0. The number of carbonyl (C=O) groups excluding carboxylic acids is 2. The van der Waals surface area contributed by atoms with Crippen molar-refractivity contribution in [2.75, 3.05) is 19.6 Å². The summed E-state index contributed by atoms with van der Waals surface area (Å²) in [5.41, 5.74) is 0.372. The van der Waals surface area contributed by atoms with Crippen LogP contribution in [0.5, 0.6) is 0 Å². The highest BCUT2D eigenvalue weighted by molar-refractivity contribution is 6.07. The van der Waals surface area contributed by atoms with Gasteiger partial charge in [0, 0.05) is 26.2 Å². The number of hydrogen-bond donors (Lipinski definition) is 0. The predicted octanol–water partition coefficient (Wildman–Crippen LogP) is 2.44. The van der Waals surface area contributed by atoms with Crippen LogP contribution in [0.15, 0.2) is 30.3 Å². The molecule has 2 amide bonds. The lowest BCUT2D eigenvalue weighted by Gasteiger charge is -2.28. The van der Waals surface area contributed by atoms with Gasteiger partial charge in [0.2, 0.25) is 11.8 Å². The van der Waals surface area contributed by atoms with Crippen LogP contribution in [-0.4, -0.2) is 41.2 Å². The summed E-state index contributed by atoms with van der Waals surface area (Å²) in [5.74, 6) is 0.0947. The van der Waals surface area contributed by atoms with Crippen molar-refractivity contribution in [3.8, 4) is 0 Å². The van der Waals surface area contributed by atoms with Crippen LogP contribution in [0.4, 0.5) is 0 Å². The van der Waals surface area contributed by atoms with E-state index in [1.165, 1.54) is 0 Å². The zero-order valence-corrected chi connectivity index (χ0v) is 13.3. The van der Waals surface area contributed by atoms with Crippen molar-refractivity contribution in [2.45, 2.75) is 39.2 Å². The van der Waals surface area contributed by atoms with Crippen LogP contribution in [0.3, 0.4) is 0 Å². The summed E-state index contributed by atoms with van der Waals surface area (Å²) in [6, 6.07) is 9.99. The molecule has 1 aliphatic heterocycles. The third kappa shape index (κ3) is 2.74. The van der Waals surface area contributed by atoms with Crippen molar-refractivity contribution in [3.63, 3.8) is 0 Å². The molecule has 4 nitrogen and oxygen atoms in total. The summed E-state index contributed by atoms with van der Waals surface area (Å²) in [6.07, 6.45) is 3.56. The lowest BCUT2D eigenvalue weighted by atomic mass is 10.0. The first kappa shape index (κ1) is 15.1. The molecular formula is C18H24N2O2. The van der Waals surface area contributed by atoms with Gasteiger partial charge >= 0.3 is 0 Å². The van der Waals surface area contributed by atoms with E-state index in [0.717, 1.165) is 31.5 Å². The normalized spacial score (nSPS) is 19.0. The average molecular weight is 300 g/mol. The molecule has 1 aromatic carbocycles. The van der Waals surface area contributed by atoms with Crippen LogP contribution in [0.2, 0.25) is 0 Å². The van der Waals surface area contributed by atoms with Gasteiger partial charge in [-0.05, 0) is 38.2 Å². The van der Waals surface area contributed by atoms with E-state index < -0.39 is 5.41 Å². The van der Waals surface area contributed by atoms with Crippen molar-refractivity contribution in [2.24, 2.45) is 5.41 Å². The minimum atomic E-state index is -0.741. The number of likely N-dealkylation sites (tertiary alicyclic amines) is 1. The molecule has 1 saturated carbocycles. The molecular weight excluding hydrogens is 276 g/mol. The highest BCUT2D eigenvalue weighted by Gasteiger charge is 2.59. The molecule has 0 unspecified atom stereocenters. The van der Waals surface area contributed by atoms with Crippen molar-refractivity contribution in [3.05, 3.63) is 35.9 Å². The summed E-state index contributed by atoms with van der Waals surface area (Å²) in [6.45, 7) is 4.85. The van der Waals surface area contributed by atoms with Crippen molar-refractivity contribution in [1.82, 2.24) is 9.80 Å². The third-order valence-electron chi connectivity index (χ3n) is 4.85. The zero-order valence-electron chi connectivity index (χ0n) is 13.3. The third-order valence-corrected chi connectivity index (χ3v) is 4.85. The highest BCUT2D eigenvalue weighted by Crippen LogP contribution is 2.49. The number of carbonyl (C=O) groups is 2. The number of amides is 2. The average Bonchev–Trinajstić information content (AvgIpc) is 3.19. The van der Waals surface area contributed by atoms with Gasteiger partial charge in [0.05, 0.1) is 0 Å². The number of hydrogen-bond acceptors (Lipinski definition) is 2. The Kier molecular flexibility index (Phi) is 4.19. The SMILES string of the molecule is CCN(Cc1ccccc1)C(=O)C1(C(=O)N2CCCC2)CC1. The Labute approximate surface area is 132 Å². The van der Waals surface area contributed by atoms with E-state index >= 15 is 0 Å². The van der Waals surface area contributed by atoms with E-state index in [4.69, 9.17) is 0 Å². The molecule has 0 spiro atoms. The molecule has 0 aromatic heterocycles. The van der Waals surface area contributed by atoms with E-state index in [1.807, 2.05) is 47.1 Å². The molecule has 118 valence electrons. The molecule has 1 aliphatic carbocycles. The Balaban J connectivity index is 1.72. The van der Waals surface area contributed by atoms with Gasteiger partial charge in [-0.3, -0.25) is 9.59 Å². The van der Waals surface area contributed by atoms with E-state index in [0.29, 0.717) is 25.9 Å². The molecule has 0 bridgehead atoms. The van der Waals surface area contributed by atoms with Crippen LogP contribution in [-0.2, 0) is 16.1 Å². The van der Waals surface area contributed by atoms with E-state index in [9.17, 15) is 9.59 Å². The van der Waals surface area contributed by atoms with Gasteiger partial charge in [-0.1, -0.05) is 30.3 Å². The molecule has 1 heterocycles. The Hall–Kier alpha value is -1.84. The maximum Gasteiger partial charge on any atom is 0.238 e. The molecule has 2 aliphatic rings. The second-order valence-electron chi connectivity index (χ2n) is 6.39. The Morgan fingerprint density at radius 1 is 1.14 bits per heavy atom. The Morgan fingerprint density at radius 2 is 1.77 bits per heavy atom. The minimum absolute atomic E-state index is 0.0238. The summed E-state index contributed by atoms with van der Waals surface area (Å²) in [7, 11) is 0. The van der Waals surface area contributed by atoms with Crippen LogP contribution < -0.4 is 0 Å². The van der Waals surface area contributed by atoms with Gasteiger partial charge in [-0.15, -0.1) is 0 Å². The highest BCUT2D eigenvalue weighted by atomic mass is 16.2. The molecule has 0 atom stereocenters. The maximum atomic E-state index is 12.9. The summed E-state index contributed by atoms with van der Waals surface area (Å²) in [4.78, 5) is 29.4. The molecule has 3 rings (SSSR count). The molecule has 4 heteroatoms. The van der Waals surface area contributed by atoms with Gasteiger partial charge in [0.25, 0.3) is 0 Å².